The van der Waals surface area contributed by atoms with E-state index in [1.54, 1.807) is 0 Å². The van der Waals surface area contributed by atoms with Crippen LogP contribution >= 0.6 is 0 Å². The Bertz CT molecular complexity index is 494. The van der Waals surface area contributed by atoms with E-state index in [0.717, 1.165) is 30.6 Å². The summed E-state index contributed by atoms with van der Waals surface area (Å²) in [7, 11) is 0. The van der Waals surface area contributed by atoms with Crippen LogP contribution in [0, 0.1) is 10.1 Å². The molecule has 22 heavy (non-hydrogen) atoms. The Morgan fingerprint density at radius 2 is 2.09 bits per heavy atom. The fourth-order valence-electron chi connectivity index (χ4n) is 1.75. The van der Waals surface area contributed by atoms with Crippen LogP contribution in [0.4, 0.5) is 5.69 Å². The molecule has 0 saturated carbocycles. The molecule has 0 amide bonds. The summed E-state index contributed by atoms with van der Waals surface area (Å²) in [4.78, 5) is 14.0. The van der Waals surface area contributed by atoms with Gasteiger partial charge in [0.25, 0.3) is 0 Å². The average molecular weight is 368 g/mol. The maximum atomic E-state index is 10.1. The van der Waals surface area contributed by atoms with Gasteiger partial charge in [0, 0.05) is 0 Å². The summed E-state index contributed by atoms with van der Waals surface area (Å²) >= 11 is 2.62. The molecule has 0 aliphatic heterocycles. The van der Waals surface area contributed by atoms with E-state index < -0.39 is 5.03 Å². The number of benzene rings is 1. The summed E-state index contributed by atoms with van der Waals surface area (Å²) in [5.41, 5.74) is 14.9. The molecule has 2 radical (unpaired) electrons. The summed E-state index contributed by atoms with van der Waals surface area (Å²) < 4.78 is 0.404. The van der Waals surface area contributed by atoms with Crippen molar-refractivity contribution in [2.45, 2.75) is 24.1 Å². The quantitative estimate of drug-likeness (QED) is 0.125. The maximum absolute atomic E-state index is 10.1. The number of hydrazine groups is 1. The van der Waals surface area contributed by atoms with E-state index in [4.69, 9.17) is 11.5 Å². The first-order chi connectivity index (χ1) is 10.5. The van der Waals surface area contributed by atoms with Crippen LogP contribution in [-0.2, 0) is 6.54 Å². The number of rotatable bonds is 9. The number of hydrogen-bond donors (Lipinski definition) is 4. The summed E-state index contributed by atoms with van der Waals surface area (Å²) in [5, 5.41) is 12.8. The Morgan fingerprint density at radius 3 is 2.68 bits per heavy atom. The predicted octanol–water partition coefficient (Wildman–Crippen LogP) is 0.390. The van der Waals surface area contributed by atoms with Crippen molar-refractivity contribution < 1.29 is 5.03 Å². The Morgan fingerprint density at radius 1 is 1.41 bits per heavy atom. The van der Waals surface area contributed by atoms with Crippen molar-refractivity contribution in [1.82, 2.24) is 5.43 Å². The molecule has 1 aromatic rings. The number of guanidine groups is 1. The Balaban J connectivity index is 2.20. The number of nitrogens with two attached hydrogens (primary N) is 2. The SMILES string of the molecule is NCc1ccc(NC[C@@H]([As])CCCN=C(N)N[N+](=O)[O-])cc1. The van der Waals surface area contributed by atoms with Gasteiger partial charge in [0.05, 0.1) is 0 Å². The van der Waals surface area contributed by atoms with E-state index in [1.165, 1.54) is 0 Å². The molecule has 1 atom stereocenters. The van der Waals surface area contributed by atoms with Crippen molar-refractivity contribution in [2.75, 3.05) is 18.4 Å². The minimum absolute atomic E-state index is 0.162. The Hall–Kier alpha value is -1.79. The van der Waals surface area contributed by atoms with Crippen LogP contribution < -0.4 is 22.2 Å². The molecule has 8 nitrogen and oxygen atoms in total. The number of nitro groups is 1. The molecule has 0 unspecified atom stereocenters. The van der Waals surface area contributed by atoms with E-state index in [2.05, 4.69) is 27.2 Å². The summed E-state index contributed by atoms with van der Waals surface area (Å²) in [6.45, 7) is 1.84. The van der Waals surface area contributed by atoms with E-state index in [-0.39, 0.29) is 5.96 Å². The van der Waals surface area contributed by atoms with Gasteiger partial charge in [-0.3, -0.25) is 0 Å². The number of aliphatic imine (C=N–C) groups is 1. The summed E-state index contributed by atoms with van der Waals surface area (Å²) in [6.07, 6.45) is 1.75. The van der Waals surface area contributed by atoms with Crippen molar-refractivity contribution in [1.29, 1.82) is 0 Å². The van der Waals surface area contributed by atoms with Gasteiger partial charge >= 0.3 is 138 Å². The zero-order valence-electron chi connectivity index (χ0n) is 12.2. The van der Waals surface area contributed by atoms with Crippen LogP contribution in [-0.4, -0.2) is 40.9 Å². The third kappa shape index (κ3) is 7.85. The van der Waals surface area contributed by atoms with Crippen LogP contribution in [0.15, 0.2) is 29.3 Å². The first-order valence-electron chi connectivity index (χ1n) is 6.93. The van der Waals surface area contributed by atoms with E-state index >= 15 is 0 Å². The molecule has 0 aliphatic rings. The third-order valence-corrected chi connectivity index (χ3v) is 3.84. The molecule has 0 bridgehead atoms. The van der Waals surface area contributed by atoms with Crippen molar-refractivity contribution in [3.63, 3.8) is 0 Å². The molecule has 120 valence electrons. The monoisotopic (exact) mass is 368 g/mol. The molecule has 6 N–H and O–H groups in total. The van der Waals surface area contributed by atoms with Gasteiger partial charge in [0.1, 0.15) is 0 Å². The van der Waals surface area contributed by atoms with Gasteiger partial charge in [-0.25, -0.2) is 0 Å². The van der Waals surface area contributed by atoms with E-state index in [0.29, 0.717) is 17.8 Å². The van der Waals surface area contributed by atoms with Crippen molar-refractivity contribution >= 4 is 28.5 Å². The molecule has 0 aromatic heterocycles. The summed E-state index contributed by atoms with van der Waals surface area (Å²) in [6, 6.07) is 8.02. The Kier molecular flexibility index (Phi) is 8.32. The molecule has 0 fully saturated rings. The second kappa shape index (κ2) is 10.0. The van der Waals surface area contributed by atoms with Crippen LogP contribution in [0.3, 0.4) is 0 Å². The van der Waals surface area contributed by atoms with Gasteiger partial charge in [0.15, 0.2) is 0 Å². The van der Waals surface area contributed by atoms with Crippen molar-refractivity contribution in [2.24, 2.45) is 16.5 Å². The summed E-state index contributed by atoms with van der Waals surface area (Å²) in [5.74, 6) is -0.162. The van der Waals surface area contributed by atoms with Crippen molar-refractivity contribution in [3.05, 3.63) is 39.9 Å². The first kappa shape index (κ1) is 18.3. The third-order valence-electron chi connectivity index (χ3n) is 2.91. The standard InChI is InChI=1S/C13H21AsN6O2/c14-11(2-1-7-17-13(16)19-20(21)22)9-18-12-5-3-10(8-15)4-6-12/h3-6,11,18H,1-2,7-9,15H2,(H3,16,17,19)/t11-/m0/s1. The van der Waals surface area contributed by atoms with E-state index in [9.17, 15) is 10.1 Å². The zero-order valence-corrected chi connectivity index (χ0v) is 14.1. The second-order valence-corrected chi connectivity index (χ2v) is 6.25. The normalized spacial score (nSPS) is 12.7. The number of anilines is 1. The molecule has 0 spiro atoms. The molecule has 1 aromatic carbocycles. The molecule has 1 rings (SSSR count). The number of nitrogens with zero attached hydrogens (tertiary/aromatic N) is 2. The zero-order chi connectivity index (χ0) is 16.4. The van der Waals surface area contributed by atoms with Crippen LogP contribution in [0.5, 0.6) is 0 Å². The molecule has 0 saturated heterocycles. The average Bonchev–Trinajstić information content (AvgIpc) is 2.49. The van der Waals surface area contributed by atoms with Gasteiger partial charge in [-0.05, 0) is 0 Å². The minimum atomic E-state index is -0.724. The molecule has 0 heterocycles. The Labute approximate surface area is 138 Å². The van der Waals surface area contributed by atoms with Gasteiger partial charge < -0.3 is 0 Å². The van der Waals surface area contributed by atoms with Crippen LogP contribution in [0.25, 0.3) is 0 Å². The van der Waals surface area contributed by atoms with Gasteiger partial charge in [-0.15, -0.1) is 0 Å². The topological polar surface area (TPSA) is 132 Å². The second-order valence-electron chi connectivity index (χ2n) is 4.71. The van der Waals surface area contributed by atoms with Gasteiger partial charge in [-0.1, -0.05) is 0 Å². The molecular weight excluding hydrogens is 347 g/mol. The molecule has 0 aliphatic carbocycles. The van der Waals surface area contributed by atoms with E-state index in [1.807, 2.05) is 29.7 Å². The fraction of sp³-hybridized carbons (Fsp3) is 0.462. The molecule has 9 heteroatoms. The van der Waals surface area contributed by atoms with Crippen LogP contribution in [0.1, 0.15) is 18.4 Å². The van der Waals surface area contributed by atoms with Crippen molar-refractivity contribution in [3.8, 4) is 0 Å². The predicted molar refractivity (Wildman–Crippen MR) is 88.2 cm³/mol. The van der Waals surface area contributed by atoms with Gasteiger partial charge in [-0.2, -0.15) is 0 Å². The van der Waals surface area contributed by atoms with Gasteiger partial charge in [0.2, 0.25) is 0 Å². The van der Waals surface area contributed by atoms with Crippen LogP contribution in [0.2, 0.25) is 4.71 Å². The number of nitrogens with one attached hydrogen (secondary N) is 2. The molecular formula is C13H21AsN6O2. The number of hydrogen-bond acceptors (Lipinski definition) is 5. The first-order valence-corrected chi connectivity index (χ1v) is 8.01. The fourth-order valence-corrected chi connectivity index (χ4v) is 2.33.